The molecule has 0 unspecified atom stereocenters. The van der Waals surface area contributed by atoms with E-state index < -0.39 is 0 Å². The Balaban J connectivity index is 0. The number of thiol groups is 1. The van der Waals surface area contributed by atoms with Crippen molar-refractivity contribution in [2.24, 2.45) is 0 Å². The van der Waals surface area contributed by atoms with Gasteiger partial charge < -0.3 is 4.18 Å². The zero-order valence-electron chi connectivity index (χ0n) is 9.51. The zero-order valence-corrected chi connectivity index (χ0v) is 13.3. The van der Waals surface area contributed by atoms with Crippen LogP contribution in [-0.4, -0.2) is 27.1 Å². The number of rotatable bonds is 6. The van der Waals surface area contributed by atoms with Crippen LogP contribution >= 0.6 is 12.9 Å². The molecule has 2 radical (unpaired) electrons. The van der Waals surface area contributed by atoms with Crippen LogP contribution in [0, 0.1) is 0 Å². The third kappa shape index (κ3) is 22.9. The molecule has 0 rings (SSSR count). The summed E-state index contributed by atoms with van der Waals surface area (Å²) in [6.07, 6.45) is 5.84. The molecule has 0 saturated heterocycles. The van der Waals surface area contributed by atoms with E-state index in [0.717, 1.165) is 0 Å². The zero-order chi connectivity index (χ0) is 11.2. The Hall–Kier alpha value is 0.619. The second-order valence-electron chi connectivity index (χ2n) is 3.04. The monoisotopic (exact) mass is 326 g/mol. The van der Waals surface area contributed by atoms with E-state index in [0.29, 0.717) is 0 Å². The molecule has 2 nitrogen and oxygen atoms in total. The third-order valence-electron chi connectivity index (χ3n) is 1.54. The van der Waals surface area contributed by atoms with E-state index in [4.69, 9.17) is 0 Å². The van der Waals surface area contributed by atoms with Crippen LogP contribution in [0.5, 0.6) is 0 Å². The molecule has 0 heterocycles. The molecule has 4 heteroatoms. The van der Waals surface area contributed by atoms with Crippen LogP contribution in [0.25, 0.3) is 0 Å². The number of hydrogen-bond acceptors (Lipinski definition) is 3. The average Bonchev–Trinajstić information content (AvgIpc) is 2.19. The van der Waals surface area contributed by atoms with Crippen molar-refractivity contribution in [1.82, 2.24) is 0 Å². The van der Waals surface area contributed by atoms with Crippen LogP contribution in [0.15, 0.2) is 0 Å². The van der Waals surface area contributed by atoms with E-state index >= 15 is 0 Å². The van der Waals surface area contributed by atoms with Gasteiger partial charge in [0.25, 0.3) is 0 Å². The Morgan fingerprint density at radius 1 is 1.21 bits per heavy atom. The Morgan fingerprint density at radius 2 is 1.57 bits per heavy atom. The molecular formula is C10H22O2SSn. The van der Waals surface area contributed by atoms with Crippen LogP contribution in [0.1, 0.15) is 46.5 Å². The van der Waals surface area contributed by atoms with Gasteiger partial charge in [-0.25, -0.2) is 0 Å². The van der Waals surface area contributed by atoms with E-state index in [9.17, 15) is 4.79 Å². The molecule has 0 aliphatic carbocycles. The molecule has 0 bridgehead atoms. The molecule has 0 N–H and O–H groups in total. The van der Waals surface area contributed by atoms with E-state index in [2.05, 4.69) is 30.9 Å². The second-order valence-corrected chi connectivity index (χ2v) is 7.50. The summed E-state index contributed by atoms with van der Waals surface area (Å²) in [4.78, 5) is 9.51. The Labute approximate surface area is 104 Å². The molecule has 84 valence electrons. The number of unbranched alkanes of at least 4 members (excludes halogenated alkanes) is 2. The van der Waals surface area contributed by atoms with Gasteiger partial charge in [0, 0.05) is 19.8 Å². The van der Waals surface area contributed by atoms with Gasteiger partial charge in [0.2, 0.25) is 0 Å². The van der Waals surface area contributed by atoms with Gasteiger partial charge in [-0.2, -0.15) is 0 Å². The van der Waals surface area contributed by atoms with Crippen LogP contribution in [0.2, 0.25) is 8.87 Å². The summed E-state index contributed by atoms with van der Waals surface area (Å²) in [6, 6.07) is 0. The van der Waals surface area contributed by atoms with Crippen molar-refractivity contribution in [3.05, 3.63) is 0 Å². The van der Waals surface area contributed by atoms with Crippen molar-refractivity contribution in [2.45, 2.75) is 55.3 Å². The van der Waals surface area contributed by atoms with Crippen molar-refractivity contribution in [1.29, 1.82) is 0 Å². The molecule has 0 aliphatic heterocycles. The Morgan fingerprint density at radius 3 is 1.79 bits per heavy atom. The minimum absolute atomic E-state index is 0.149. The standard InChI is InChI=1S/2C4H9.C2H4O2S.Sn/c2*1-3-4-2;1-2(3)4-5;/h2*1,3-4H2,2H3;5H,1H3;. The van der Waals surface area contributed by atoms with Gasteiger partial charge in [-0.1, -0.05) is 0 Å². The predicted molar refractivity (Wildman–Crippen MR) is 65.9 cm³/mol. The van der Waals surface area contributed by atoms with Crippen LogP contribution in [0.3, 0.4) is 0 Å². The molecule has 0 atom stereocenters. The average molecular weight is 325 g/mol. The van der Waals surface area contributed by atoms with Gasteiger partial charge in [-0.3, -0.25) is 4.79 Å². The predicted octanol–water partition coefficient (Wildman–Crippen LogP) is 3.52. The van der Waals surface area contributed by atoms with E-state index in [1.165, 1.54) is 32.6 Å². The topological polar surface area (TPSA) is 26.3 Å². The summed E-state index contributed by atoms with van der Waals surface area (Å²) >= 11 is 3.32. The van der Waals surface area contributed by atoms with Gasteiger partial charge in [0.05, 0.1) is 0 Å². The molecule has 0 spiro atoms. The number of carbonyl (C=O) groups is 1. The summed E-state index contributed by atoms with van der Waals surface area (Å²) in [5.74, 6) is -0.381. The minimum atomic E-state index is -0.381. The second kappa shape index (κ2) is 16.1. The number of carbonyl (C=O) groups excluding carboxylic acids is 1. The summed E-state index contributed by atoms with van der Waals surface area (Å²) in [5.41, 5.74) is 0. The maximum absolute atomic E-state index is 9.51. The molecule has 0 amide bonds. The molecule has 0 fully saturated rings. The SMILES string of the molecule is CC(=O)OS.CCC[CH2][Sn][CH2]CCC. The number of hydrogen-bond donors (Lipinski definition) is 1. The Kier molecular flexibility index (Phi) is 19.5. The molecule has 0 saturated carbocycles. The van der Waals surface area contributed by atoms with Crippen LogP contribution in [0.4, 0.5) is 0 Å². The van der Waals surface area contributed by atoms with Crippen molar-refractivity contribution >= 4 is 40.0 Å². The van der Waals surface area contributed by atoms with E-state index in [1.54, 1.807) is 8.87 Å². The quantitative estimate of drug-likeness (QED) is 0.350. The first kappa shape index (κ1) is 17.0. The van der Waals surface area contributed by atoms with Gasteiger partial charge in [0.1, 0.15) is 0 Å². The third-order valence-corrected chi connectivity index (χ3v) is 5.84. The fraction of sp³-hybridized carbons (Fsp3) is 0.900. The van der Waals surface area contributed by atoms with Gasteiger partial charge >= 0.3 is 75.5 Å². The van der Waals surface area contributed by atoms with Gasteiger partial charge in [-0.15, -0.1) is 0 Å². The first-order chi connectivity index (χ1) is 6.68. The molecule has 0 aromatic rings. The molecule has 0 aromatic carbocycles. The molecule has 14 heavy (non-hydrogen) atoms. The van der Waals surface area contributed by atoms with Crippen LogP contribution in [-0.2, 0) is 8.98 Å². The van der Waals surface area contributed by atoms with Gasteiger partial charge in [-0.05, 0) is 0 Å². The fourth-order valence-electron chi connectivity index (χ4n) is 0.729. The van der Waals surface area contributed by atoms with Crippen molar-refractivity contribution in [3.63, 3.8) is 0 Å². The summed E-state index contributed by atoms with van der Waals surface area (Å²) < 4.78 is 7.06. The van der Waals surface area contributed by atoms with E-state index in [-0.39, 0.29) is 27.1 Å². The maximum atomic E-state index is 9.51. The summed E-state index contributed by atoms with van der Waals surface area (Å²) in [7, 11) is 0. The van der Waals surface area contributed by atoms with Crippen LogP contribution < -0.4 is 0 Å². The summed E-state index contributed by atoms with van der Waals surface area (Å²) in [6.45, 7) is 5.87. The fourth-order valence-corrected chi connectivity index (χ4v) is 4.89. The summed E-state index contributed by atoms with van der Waals surface area (Å²) in [5, 5.41) is 0. The van der Waals surface area contributed by atoms with Gasteiger partial charge in [0.15, 0.2) is 0 Å². The first-order valence-electron chi connectivity index (χ1n) is 5.21. The van der Waals surface area contributed by atoms with Crippen molar-refractivity contribution in [3.8, 4) is 0 Å². The first-order valence-corrected chi connectivity index (χ1v) is 9.61. The van der Waals surface area contributed by atoms with Crippen molar-refractivity contribution in [2.75, 3.05) is 0 Å². The molecule has 0 aromatic heterocycles. The van der Waals surface area contributed by atoms with Crippen molar-refractivity contribution < 1.29 is 8.98 Å². The molecular weight excluding hydrogens is 303 g/mol. The van der Waals surface area contributed by atoms with E-state index in [1.807, 2.05) is 0 Å². The molecule has 0 aliphatic rings. The normalized spacial score (nSPS) is 8.86. The Bertz CT molecular complexity index is 115.